The molecule has 3 aliphatic heterocycles. The topological polar surface area (TPSA) is 60.6 Å². The number of rotatable bonds is 0. The van der Waals surface area contributed by atoms with E-state index in [0.29, 0.717) is 6.61 Å². The van der Waals surface area contributed by atoms with Crippen LogP contribution in [0.4, 0.5) is 0 Å². The predicted octanol–water partition coefficient (Wildman–Crippen LogP) is -1.14. The lowest BCUT2D eigenvalue weighted by Crippen LogP contribution is -2.44. The van der Waals surface area contributed by atoms with E-state index in [9.17, 15) is 4.46 Å². The second-order valence-electron chi connectivity index (χ2n) is 2.15. The predicted molar refractivity (Wildman–Crippen MR) is 21.1 cm³/mol. The van der Waals surface area contributed by atoms with Gasteiger partial charge in [-0.15, -0.1) is 0 Å². The summed E-state index contributed by atoms with van der Waals surface area (Å²) in [6.45, 7) is 0.488. The number of epoxide rings is 2. The van der Waals surface area contributed by atoms with Crippen molar-refractivity contribution < 1.29 is 22.8 Å². The molecule has 2 spiro atoms. The summed E-state index contributed by atoms with van der Waals surface area (Å²) in [7, 11) is -2.22. The number of hydrogen-bond donors (Lipinski definition) is 0. The third-order valence-corrected chi connectivity index (χ3v) is 2.44. The molecule has 0 N–H and O–H groups in total. The minimum absolute atomic E-state index is 0.488. The Morgan fingerprint density at radius 1 is 1.44 bits per heavy atom. The highest BCUT2D eigenvalue weighted by Crippen LogP contribution is 2.62. The quantitative estimate of drug-likeness (QED) is 0.319. The second-order valence-corrected chi connectivity index (χ2v) is 3.06. The lowest BCUT2D eigenvalue weighted by molar-refractivity contribution is -0.216. The Morgan fingerprint density at radius 3 is 2.44 bits per heavy atom. The smallest absolute Gasteiger partial charge is 0.431 e. The summed E-state index contributed by atoms with van der Waals surface area (Å²) in [5.74, 6) is -1.69. The minimum atomic E-state index is -2.22. The fourth-order valence-electron chi connectivity index (χ4n) is 0.917. The van der Waals surface area contributed by atoms with E-state index in [1.54, 1.807) is 0 Å². The Hall–Kier alpha value is -0.463. The average Bonchev–Trinajstić information content (AvgIpc) is 2.51. The van der Waals surface area contributed by atoms with E-state index >= 15 is 0 Å². The van der Waals surface area contributed by atoms with Gasteiger partial charge in [0.15, 0.2) is 0 Å². The molecule has 5 nitrogen and oxygen atoms in total. The molecule has 9 heavy (non-hydrogen) atoms. The van der Waals surface area contributed by atoms with Gasteiger partial charge in [-0.2, -0.15) is 0 Å². The van der Waals surface area contributed by atoms with Gasteiger partial charge in [0.05, 0.1) is 0 Å². The van der Waals surface area contributed by atoms with Gasteiger partial charge < -0.3 is 13.6 Å². The molecular formula is C3H2O5Si. The van der Waals surface area contributed by atoms with Crippen molar-refractivity contribution in [3.63, 3.8) is 0 Å². The summed E-state index contributed by atoms with van der Waals surface area (Å²) >= 11 is 0. The van der Waals surface area contributed by atoms with Crippen LogP contribution in [0.2, 0.25) is 0 Å². The molecule has 3 aliphatic rings. The van der Waals surface area contributed by atoms with E-state index in [4.69, 9.17) is 18.3 Å². The third-order valence-electron chi connectivity index (χ3n) is 1.57. The fraction of sp³-hybridized carbons (Fsp3) is 1.00. The molecular weight excluding hydrogens is 144 g/mol. The molecule has 48 valence electrons. The van der Waals surface area contributed by atoms with Crippen molar-refractivity contribution in [2.45, 2.75) is 11.8 Å². The molecule has 0 aromatic rings. The molecule has 0 bridgehead atoms. The Balaban J connectivity index is 1.88. The summed E-state index contributed by atoms with van der Waals surface area (Å²) in [5.41, 5.74) is 0. The summed E-state index contributed by atoms with van der Waals surface area (Å²) < 4.78 is 29.3. The molecule has 0 aromatic heterocycles. The first-order valence-electron chi connectivity index (χ1n) is 2.53. The van der Waals surface area contributed by atoms with Crippen LogP contribution in [0, 0.1) is 0 Å². The highest BCUT2D eigenvalue weighted by atomic mass is 28.3. The van der Waals surface area contributed by atoms with Crippen molar-refractivity contribution in [1.82, 2.24) is 0 Å². The highest BCUT2D eigenvalue weighted by molar-refractivity contribution is 6.29. The SMILES string of the molecule is O=[Si]1OC2(O1)OC21CO1. The summed E-state index contributed by atoms with van der Waals surface area (Å²) in [5, 5.41) is 0. The van der Waals surface area contributed by atoms with E-state index < -0.39 is 20.9 Å². The molecule has 3 heterocycles. The van der Waals surface area contributed by atoms with Crippen LogP contribution in [-0.4, -0.2) is 27.5 Å². The summed E-state index contributed by atoms with van der Waals surface area (Å²) in [4.78, 5) is 0. The van der Waals surface area contributed by atoms with Crippen LogP contribution in [0.1, 0.15) is 0 Å². The minimum Gasteiger partial charge on any atom is -0.431 e. The van der Waals surface area contributed by atoms with Crippen molar-refractivity contribution in [3.05, 3.63) is 0 Å². The molecule has 0 saturated carbocycles. The van der Waals surface area contributed by atoms with Crippen LogP contribution in [0.3, 0.4) is 0 Å². The van der Waals surface area contributed by atoms with Crippen LogP contribution in [0.15, 0.2) is 0 Å². The zero-order valence-corrected chi connectivity index (χ0v) is 5.25. The Kier molecular flexibility index (Phi) is 0.409. The molecule has 6 heteroatoms. The molecule has 0 amide bonds. The molecule has 1 atom stereocenters. The maximum absolute atomic E-state index is 10.3. The standard InChI is InChI=1S/C3H2O5Si/c4-9-7-3(8-9)2(6-3)1-5-2/h1H2. The lowest BCUT2D eigenvalue weighted by Gasteiger charge is -2.20. The van der Waals surface area contributed by atoms with Gasteiger partial charge in [0, 0.05) is 0 Å². The number of hydrogen-bond acceptors (Lipinski definition) is 5. The third kappa shape index (κ3) is 0.305. The molecule has 3 rings (SSSR count). The van der Waals surface area contributed by atoms with Crippen LogP contribution in [-0.2, 0) is 22.8 Å². The van der Waals surface area contributed by atoms with Gasteiger partial charge in [-0.25, -0.2) is 0 Å². The molecule has 0 radical (unpaired) electrons. The normalized spacial score (nSPS) is 47.8. The molecule has 0 aromatic carbocycles. The van der Waals surface area contributed by atoms with Gasteiger partial charge in [0.2, 0.25) is 0 Å². The molecule has 3 saturated heterocycles. The molecule has 0 aliphatic carbocycles. The van der Waals surface area contributed by atoms with E-state index in [1.807, 2.05) is 0 Å². The second kappa shape index (κ2) is 0.844. The maximum Gasteiger partial charge on any atom is 0.776 e. The van der Waals surface area contributed by atoms with E-state index in [2.05, 4.69) is 0 Å². The monoisotopic (exact) mass is 146 g/mol. The van der Waals surface area contributed by atoms with Crippen LogP contribution in [0.25, 0.3) is 0 Å². The first kappa shape index (κ1) is 4.37. The number of ether oxygens (including phenoxy) is 2. The summed E-state index contributed by atoms with van der Waals surface area (Å²) in [6.07, 6.45) is 0. The highest BCUT2D eigenvalue weighted by Gasteiger charge is 2.92. The van der Waals surface area contributed by atoms with Gasteiger partial charge >= 0.3 is 20.9 Å². The van der Waals surface area contributed by atoms with Gasteiger partial charge in [-0.1, -0.05) is 0 Å². The van der Waals surface area contributed by atoms with Crippen LogP contribution < -0.4 is 0 Å². The maximum atomic E-state index is 10.3. The Morgan fingerprint density at radius 2 is 2.11 bits per heavy atom. The van der Waals surface area contributed by atoms with E-state index in [-0.39, 0.29) is 0 Å². The molecule has 3 fully saturated rings. The van der Waals surface area contributed by atoms with E-state index in [1.165, 1.54) is 0 Å². The van der Waals surface area contributed by atoms with Gasteiger partial charge in [0.25, 0.3) is 0 Å². The van der Waals surface area contributed by atoms with Crippen molar-refractivity contribution >= 4 is 9.17 Å². The Bertz CT molecular complexity index is 200. The van der Waals surface area contributed by atoms with Crippen molar-refractivity contribution in [2.75, 3.05) is 6.61 Å². The van der Waals surface area contributed by atoms with Crippen LogP contribution >= 0.6 is 0 Å². The van der Waals surface area contributed by atoms with Gasteiger partial charge in [-0.05, 0) is 0 Å². The van der Waals surface area contributed by atoms with Gasteiger partial charge in [0.1, 0.15) is 6.61 Å². The largest absolute Gasteiger partial charge is 0.776 e. The molecule has 1 unspecified atom stereocenters. The van der Waals surface area contributed by atoms with Crippen molar-refractivity contribution in [3.8, 4) is 0 Å². The van der Waals surface area contributed by atoms with Crippen molar-refractivity contribution in [2.24, 2.45) is 0 Å². The zero-order chi connectivity index (χ0) is 6.11. The Labute approximate surface area is 51.4 Å². The lowest BCUT2D eigenvalue weighted by atomic mass is 10.5. The average molecular weight is 146 g/mol. The van der Waals surface area contributed by atoms with Crippen LogP contribution in [0.5, 0.6) is 0 Å². The first-order valence-corrected chi connectivity index (χ1v) is 3.75. The van der Waals surface area contributed by atoms with Gasteiger partial charge in [-0.3, -0.25) is 9.20 Å². The summed E-state index contributed by atoms with van der Waals surface area (Å²) in [6, 6.07) is 0. The van der Waals surface area contributed by atoms with Crippen molar-refractivity contribution in [1.29, 1.82) is 0 Å². The first-order chi connectivity index (χ1) is 4.27. The zero-order valence-electron chi connectivity index (χ0n) is 4.25. The number of fused-ring (bicyclic) bond motifs is 1. The van der Waals surface area contributed by atoms with E-state index in [0.717, 1.165) is 0 Å². The fourth-order valence-corrected chi connectivity index (χ4v) is 1.77.